The molecule has 1 unspecified atom stereocenters. The Balaban J connectivity index is 1.88. The summed E-state index contributed by atoms with van der Waals surface area (Å²) in [4.78, 5) is 16.2. The minimum atomic E-state index is -0.387. The minimum Gasteiger partial charge on any atom is -0.455 e. The summed E-state index contributed by atoms with van der Waals surface area (Å²) in [5, 5.41) is 3.87. The van der Waals surface area contributed by atoms with Gasteiger partial charge in [0, 0.05) is 5.41 Å². The van der Waals surface area contributed by atoms with E-state index in [1.807, 2.05) is 20.8 Å². The maximum absolute atomic E-state index is 13.1. The summed E-state index contributed by atoms with van der Waals surface area (Å²) in [6.45, 7) is 7.58. The lowest BCUT2D eigenvalue weighted by molar-refractivity contribution is -0.150. The summed E-state index contributed by atoms with van der Waals surface area (Å²) < 4.78 is 23.4. The molecule has 6 heteroatoms. The van der Waals surface area contributed by atoms with E-state index in [0.29, 0.717) is 12.2 Å². The zero-order chi connectivity index (χ0) is 17.0. The van der Waals surface area contributed by atoms with Crippen molar-refractivity contribution in [3.8, 4) is 0 Å². The quantitative estimate of drug-likeness (QED) is 0.790. The number of hydrogen-bond acceptors (Lipinski definition) is 5. The topological polar surface area (TPSA) is 65.2 Å². The molecule has 0 N–H and O–H groups in total. The molecule has 2 aromatic rings. The van der Waals surface area contributed by atoms with Gasteiger partial charge in [-0.1, -0.05) is 45.0 Å². The first kappa shape index (κ1) is 17.1. The second-order valence-corrected chi connectivity index (χ2v) is 6.60. The molecule has 1 atom stereocenters. The molecule has 0 aliphatic heterocycles. The van der Waals surface area contributed by atoms with E-state index >= 15 is 0 Å². The van der Waals surface area contributed by atoms with Crippen LogP contribution < -0.4 is 0 Å². The molecule has 5 nitrogen and oxygen atoms in total. The highest BCUT2D eigenvalue weighted by Gasteiger charge is 2.22. The van der Waals surface area contributed by atoms with Crippen LogP contribution in [0, 0.1) is 11.7 Å². The Bertz CT molecular complexity index is 676. The molecule has 0 bridgehead atoms. The van der Waals surface area contributed by atoms with Crippen molar-refractivity contribution in [3.63, 3.8) is 0 Å². The number of carbonyl (C=O) groups is 1. The lowest BCUT2D eigenvalue weighted by Crippen LogP contribution is -2.17. The molecule has 0 saturated heterocycles. The lowest BCUT2D eigenvalue weighted by Gasteiger charge is -2.11. The van der Waals surface area contributed by atoms with Crippen LogP contribution in [-0.2, 0) is 28.0 Å². The van der Waals surface area contributed by atoms with Gasteiger partial charge in [-0.2, -0.15) is 4.98 Å². The van der Waals surface area contributed by atoms with Crippen LogP contribution in [0.1, 0.15) is 45.0 Å². The number of rotatable bonds is 5. The van der Waals surface area contributed by atoms with Crippen LogP contribution in [0.5, 0.6) is 0 Å². The summed E-state index contributed by atoms with van der Waals surface area (Å²) in [5.41, 5.74) is 0.526. The van der Waals surface area contributed by atoms with E-state index in [1.54, 1.807) is 19.1 Å². The summed E-state index contributed by atoms with van der Waals surface area (Å²) >= 11 is 0. The van der Waals surface area contributed by atoms with Crippen LogP contribution >= 0.6 is 0 Å². The predicted molar refractivity (Wildman–Crippen MR) is 82.1 cm³/mol. The van der Waals surface area contributed by atoms with Gasteiger partial charge in [0.05, 0.1) is 5.92 Å². The van der Waals surface area contributed by atoms with Gasteiger partial charge in [-0.15, -0.1) is 0 Å². The van der Waals surface area contributed by atoms with Crippen LogP contribution in [0.25, 0.3) is 0 Å². The van der Waals surface area contributed by atoms with Crippen molar-refractivity contribution < 1.29 is 18.4 Å². The molecule has 0 fully saturated rings. The molecule has 1 heterocycles. The molecule has 0 aliphatic carbocycles. The average molecular weight is 320 g/mol. The number of hydrogen-bond donors (Lipinski definition) is 0. The molecule has 2 rings (SSSR count). The number of ether oxygens (including phenoxy) is 1. The van der Waals surface area contributed by atoms with E-state index in [4.69, 9.17) is 9.26 Å². The molecule has 0 aliphatic rings. The number of nitrogens with zero attached hydrogens (tertiary/aromatic N) is 2. The molecule has 0 radical (unpaired) electrons. The van der Waals surface area contributed by atoms with Gasteiger partial charge in [-0.05, 0) is 24.1 Å². The third-order valence-corrected chi connectivity index (χ3v) is 3.31. The van der Waals surface area contributed by atoms with Crippen molar-refractivity contribution >= 4 is 5.97 Å². The van der Waals surface area contributed by atoms with Crippen molar-refractivity contribution in [3.05, 3.63) is 47.4 Å². The molecule has 23 heavy (non-hydrogen) atoms. The first-order valence-corrected chi connectivity index (χ1v) is 7.50. The summed E-state index contributed by atoms with van der Waals surface area (Å²) in [6, 6.07) is 6.18. The second kappa shape index (κ2) is 6.89. The highest BCUT2D eigenvalue weighted by Crippen LogP contribution is 2.19. The molecular weight excluding hydrogens is 299 g/mol. The van der Waals surface area contributed by atoms with Gasteiger partial charge < -0.3 is 9.26 Å². The molecular formula is C17H21FN2O3. The summed E-state index contributed by atoms with van der Waals surface area (Å²) in [5.74, 6) is -0.257. The largest absolute Gasteiger partial charge is 0.455 e. The van der Waals surface area contributed by atoms with Crippen molar-refractivity contribution in [2.75, 3.05) is 0 Å². The third-order valence-electron chi connectivity index (χ3n) is 3.31. The van der Waals surface area contributed by atoms with E-state index in [2.05, 4.69) is 10.1 Å². The maximum Gasteiger partial charge on any atom is 0.309 e. The molecule has 0 saturated carbocycles. The van der Waals surface area contributed by atoms with Crippen LogP contribution in [-0.4, -0.2) is 16.1 Å². The molecule has 0 amide bonds. The van der Waals surface area contributed by atoms with Gasteiger partial charge in [-0.25, -0.2) is 4.39 Å². The van der Waals surface area contributed by atoms with E-state index in [1.165, 1.54) is 12.1 Å². The van der Waals surface area contributed by atoms with Gasteiger partial charge >= 0.3 is 5.97 Å². The zero-order valence-electron chi connectivity index (χ0n) is 13.8. The van der Waals surface area contributed by atoms with Crippen molar-refractivity contribution in [2.24, 2.45) is 5.92 Å². The molecule has 1 aromatic heterocycles. The van der Waals surface area contributed by atoms with Crippen molar-refractivity contribution in [1.82, 2.24) is 10.1 Å². The second-order valence-electron chi connectivity index (χ2n) is 6.60. The highest BCUT2D eigenvalue weighted by molar-refractivity contribution is 5.72. The van der Waals surface area contributed by atoms with E-state index in [-0.39, 0.29) is 35.6 Å². The van der Waals surface area contributed by atoms with Crippen LogP contribution in [0.4, 0.5) is 4.39 Å². The molecule has 0 spiro atoms. The summed E-state index contributed by atoms with van der Waals surface area (Å²) in [7, 11) is 0. The minimum absolute atomic E-state index is 0.0601. The highest BCUT2D eigenvalue weighted by atomic mass is 19.1. The van der Waals surface area contributed by atoms with Crippen LogP contribution in [0.15, 0.2) is 28.8 Å². The zero-order valence-corrected chi connectivity index (χ0v) is 13.8. The number of benzene rings is 1. The van der Waals surface area contributed by atoms with Gasteiger partial charge in [0.1, 0.15) is 5.82 Å². The standard InChI is InChI=1S/C17H21FN2O3/c1-11(8-12-6-5-7-13(18)9-12)15(21)22-10-14-19-16(20-23-14)17(2,3)4/h5-7,9,11H,8,10H2,1-4H3. The Kier molecular flexibility index (Phi) is 5.13. The Morgan fingerprint density at radius 3 is 2.74 bits per heavy atom. The van der Waals surface area contributed by atoms with Crippen LogP contribution in [0.3, 0.4) is 0 Å². The maximum atomic E-state index is 13.1. The van der Waals surface area contributed by atoms with Crippen LogP contribution in [0.2, 0.25) is 0 Å². The van der Waals surface area contributed by atoms with Gasteiger partial charge in [0.25, 0.3) is 5.89 Å². The van der Waals surface area contributed by atoms with Gasteiger partial charge in [-0.3, -0.25) is 4.79 Å². The van der Waals surface area contributed by atoms with E-state index in [9.17, 15) is 9.18 Å². The fourth-order valence-corrected chi connectivity index (χ4v) is 1.99. The van der Waals surface area contributed by atoms with Gasteiger partial charge in [0.2, 0.25) is 0 Å². The number of aromatic nitrogens is 2. The van der Waals surface area contributed by atoms with E-state index < -0.39 is 0 Å². The number of halogens is 1. The lowest BCUT2D eigenvalue weighted by atomic mass is 9.96. The smallest absolute Gasteiger partial charge is 0.309 e. The summed E-state index contributed by atoms with van der Waals surface area (Å²) in [6.07, 6.45) is 0.410. The molecule has 124 valence electrons. The Hall–Kier alpha value is -2.24. The normalized spacial score (nSPS) is 12.9. The number of carbonyl (C=O) groups excluding carboxylic acids is 1. The Morgan fingerprint density at radius 1 is 1.39 bits per heavy atom. The monoisotopic (exact) mass is 320 g/mol. The average Bonchev–Trinajstić information content (AvgIpc) is 2.93. The van der Waals surface area contributed by atoms with Crippen molar-refractivity contribution in [1.29, 1.82) is 0 Å². The fraction of sp³-hybridized carbons (Fsp3) is 0.471. The molecule has 1 aromatic carbocycles. The predicted octanol–water partition coefficient (Wildman–Crippen LogP) is 3.43. The Labute approximate surface area is 134 Å². The Morgan fingerprint density at radius 2 is 2.13 bits per heavy atom. The van der Waals surface area contributed by atoms with E-state index in [0.717, 1.165) is 5.56 Å². The first-order valence-electron chi connectivity index (χ1n) is 7.50. The van der Waals surface area contributed by atoms with Crippen molar-refractivity contribution in [2.45, 2.75) is 46.1 Å². The number of esters is 1. The first-order chi connectivity index (χ1) is 10.8. The van der Waals surface area contributed by atoms with Gasteiger partial charge in [0.15, 0.2) is 12.4 Å². The SMILES string of the molecule is CC(Cc1cccc(F)c1)C(=O)OCc1nc(C(C)(C)C)no1. The third kappa shape index (κ3) is 4.87. The fourth-order valence-electron chi connectivity index (χ4n) is 1.99.